The van der Waals surface area contributed by atoms with Crippen molar-refractivity contribution >= 4 is 84.1 Å². The van der Waals surface area contributed by atoms with E-state index in [1.807, 2.05) is 79.6 Å². The second kappa shape index (κ2) is 27.9. The molecule has 10 rings (SSSR count). The zero-order valence-electron chi connectivity index (χ0n) is 50.6. The van der Waals surface area contributed by atoms with Crippen LogP contribution in [0.25, 0.3) is 0 Å². The number of carbonyl (C=O) groups excluding carboxylic acids is 3. The maximum absolute atomic E-state index is 14.3. The van der Waals surface area contributed by atoms with Gasteiger partial charge in [-0.15, -0.1) is 0 Å². The molecular formula is C65H80N6O13S3. The summed E-state index contributed by atoms with van der Waals surface area (Å²) >= 11 is 0. The molecule has 22 heteroatoms. The van der Waals surface area contributed by atoms with Gasteiger partial charge in [0.15, 0.2) is 28.2 Å². The first-order valence-corrected chi connectivity index (χ1v) is 33.6. The van der Waals surface area contributed by atoms with E-state index < -0.39 is 31.6 Å². The zero-order chi connectivity index (χ0) is 61.5. The van der Waals surface area contributed by atoms with Gasteiger partial charge in [0, 0.05) is 84.6 Å². The van der Waals surface area contributed by atoms with Gasteiger partial charge in [-0.25, -0.2) is 0 Å². The molecule has 3 N–H and O–H groups in total. The van der Waals surface area contributed by atoms with E-state index in [1.165, 1.54) is 10.8 Å². The molecule has 1 fully saturated rings. The van der Waals surface area contributed by atoms with Crippen LogP contribution in [0.4, 0.5) is 28.4 Å². The van der Waals surface area contributed by atoms with Gasteiger partial charge in [-0.2, -0.15) is 8.42 Å². The SMILES string of the molecule is COCCOCCOCCN(CC(C)(C)SSCCC(C(=O)NC(C)(C)C1CCCC1)S(=O)(=O)O)c1cc(COc2cc3c(cc2OC)C(=O)N2c4ccccc4C[C@H]2C=N3)cc(COc2cc3c(cc2OC)C(=O)N2c4ccccc4C[C@H]2CN3)c1. The topological polar surface area (TPSA) is 216 Å². The zero-order valence-corrected chi connectivity index (χ0v) is 53.1. The Morgan fingerprint density at radius 3 is 2.05 bits per heavy atom. The maximum atomic E-state index is 14.3. The molecular weight excluding hydrogens is 1170 g/mol. The van der Waals surface area contributed by atoms with E-state index in [-0.39, 0.29) is 55.2 Å². The molecule has 466 valence electrons. The van der Waals surface area contributed by atoms with Crippen molar-refractivity contribution < 1.29 is 60.5 Å². The number of hydrogen-bond donors (Lipinski definition) is 3. The second-order valence-electron chi connectivity index (χ2n) is 23.8. The van der Waals surface area contributed by atoms with Gasteiger partial charge >= 0.3 is 0 Å². The Morgan fingerprint density at radius 1 is 0.770 bits per heavy atom. The minimum Gasteiger partial charge on any atom is -0.493 e. The molecule has 3 amide bonds. The molecule has 0 spiro atoms. The predicted octanol–water partition coefficient (Wildman–Crippen LogP) is 10.5. The third-order valence-corrected chi connectivity index (χ3v) is 21.3. The van der Waals surface area contributed by atoms with Crippen molar-refractivity contribution in [3.05, 3.63) is 124 Å². The lowest BCUT2D eigenvalue weighted by Gasteiger charge is -2.34. The summed E-state index contributed by atoms with van der Waals surface area (Å²) in [5, 5.41) is 4.89. The smallest absolute Gasteiger partial charge is 0.276 e. The molecule has 19 nitrogen and oxygen atoms in total. The largest absolute Gasteiger partial charge is 0.493 e. The molecule has 3 atom stereocenters. The Kier molecular flexibility index (Phi) is 20.3. The Bertz CT molecular complexity index is 3450. The third kappa shape index (κ3) is 15.0. The van der Waals surface area contributed by atoms with Crippen molar-refractivity contribution in [2.75, 3.05) is 99.8 Å². The summed E-state index contributed by atoms with van der Waals surface area (Å²) in [6, 6.07) is 28.8. The van der Waals surface area contributed by atoms with Crippen molar-refractivity contribution in [3.63, 3.8) is 0 Å². The van der Waals surface area contributed by atoms with Crippen LogP contribution >= 0.6 is 21.6 Å². The van der Waals surface area contributed by atoms with Crippen LogP contribution in [0.2, 0.25) is 0 Å². The quantitative estimate of drug-likeness (QED) is 0.0230. The van der Waals surface area contributed by atoms with E-state index in [0.29, 0.717) is 105 Å². The maximum Gasteiger partial charge on any atom is 0.276 e. The standard InChI is InChI=1S/C65H80N6O13S3/c1-64(2,86-85-27-20-60(87(75,76)77)61(72)68-65(3,4)46-16-10-11-17-46)41-69(21-22-81-25-26-82-24-23-78-5)47-29-42(39-83-58-35-52-50(33-56(58)79-6)62(73)70-48(37-66-52)31-44-14-8-12-18-54(44)70)28-43(30-47)40-84-59-36-53-51(34-57(59)80-7)63(74)71-49(38-67-53)32-45-15-9-13-19-55(45)71/h8-9,12-15,18-19,28-30,33-37,46,48-49,60,67H,10-11,16-17,20-27,31-32,38-41H2,1-7H3,(H,68,72)(H,75,76,77)/t48-,49-,60?/m0/s1. The molecule has 87 heavy (non-hydrogen) atoms. The van der Waals surface area contributed by atoms with Gasteiger partial charge in [0.2, 0.25) is 5.91 Å². The number of para-hydroxylation sites is 2. The Morgan fingerprint density at radius 2 is 1.38 bits per heavy atom. The molecule has 1 saturated carbocycles. The lowest BCUT2D eigenvalue weighted by molar-refractivity contribution is -0.123. The molecule has 0 aromatic heterocycles. The van der Waals surface area contributed by atoms with Gasteiger partial charge in [-0.3, -0.25) is 28.8 Å². The van der Waals surface area contributed by atoms with Gasteiger partial charge in [0.25, 0.3) is 21.9 Å². The van der Waals surface area contributed by atoms with Crippen molar-refractivity contribution in [2.45, 2.75) is 113 Å². The molecule has 0 radical (unpaired) electrons. The number of anilines is 4. The summed E-state index contributed by atoms with van der Waals surface area (Å²) < 4.78 is 77.5. The number of hydrogen-bond acceptors (Lipinski definition) is 17. The highest BCUT2D eigenvalue weighted by Crippen LogP contribution is 2.44. The van der Waals surface area contributed by atoms with E-state index in [9.17, 15) is 27.4 Å². The molecule has 5 aromatic rings. The summed E-state index contributed by atoms with van der Waals surface area (Å²) in [5.41, 5.74) is 7.76. The van der Waals surface area contributed by atoms with Gasteiger partial charge in [-0.05, 0) is 124 Å². The first-order chi connectivity index (χ1) is 41.8. The molecule has 1 unspecified atom stereocenters. The van der Waals surface area contributed by atoms with Crippen LogP contribution in [0.3, 0.4) is 0 Å². The van der Waals surface area contributed by atoms with Gasteiger partial charge in [0.1, 0.15) is 13.2 Å². The number of aliphatic imine (C=N–C) groups is 1. The van der Waals surface area contributed by atoms with Crippen LogP contribution in [-0.2, 0) is 55.2 Å². The molecule has 0 saturated heterocycles. The number of ether oxygens (including phenoxy) is 7. The molecule has 4 aliphatic heterocycles. The molecule has 4 heterocycles. The van der Waals surface area contributed by atoms with Gasteiger partial charge in [-0.1, -0.05) is 70.8 Å². The summed E-state index contributed by atoms with van der Waals surface area (Å²) in [6.07, 6.45) is 7.18. The molecule has 5 aromatic carbocycles. The van der Waals surface area contributed by atoms with E-state index >= 15 is 0 Å². The summed E-state index contributed by atoms with van der Waals surface area (Å²) in [5.74, 6) is 1.12. The monoisotopic (exact) mass is 1250 g/mol. The van der Waals surface area contributed by atoms with Gasteiger partial charge < -0.3 is 53.6 Å². The first-order valence-electron chi connectivity index (χ1n) is 29.8. The highest BCUT2D eigenvalue weighted by molar-refractivity contribution is 8.77. The van der Waals surface area contributed by atoms with E-state index in [4.69, 9.17) is 38.2 Å². The van der Waals surface area contributed by atoms with E-state index in [2.05, 4.69) is 47.6 Å². The van der Waals surface area contributed by atoms with Crippen LogP contribution in [0.15, 0.2) is 96.0 Å². The number of benzene rings is 5. The van der Waals surface area contributed by atoms with Crippen LogP contribution in [0.1, 0.15) is 103 Å². The van der Waals surface area contributed by atoms with Crippen LogP contribution in [0, 0.1) is 5.92 Å². The number of nitrogens with one attached hydrogen (secondary N) is 2. The average Bonchev–Trinajstić information content (AvgIpc) is 2.19. The van der Waals surface area contributed by atoms with Crippen LogP contribution in [0.5, 0.6) is 23.0 Å². The number of carbonyl (C=O) groups is 3. The van der Waals surface area contributed by atoms with Gasteiger partial charge in [0.05, 0.1) is 81.8 Å². The predicted molar refractivity (Wildman–Crippen MR) is 343 cm³/mol. The van der Waals surface area contributed by atoms with Crippen LogP contribution in [-0.4, -0.2) is 144 Å². The Balaban J connectivity index is 0.920. The molecule has 1 aliphatic carbocycles. The molecule has 5 aliphatic rings. The Hall–Kier alpha value is -6.53. The highest BCUT2D eigenvalue weighted by atomic mass is 33.1. The lowest BCUT2D eigenvalue weighted by atomic mass is 9.86. The normalized spacial score (nSPS) is 17.5. The fraction of sp³-hybridized carbons (Fsp3) is 0.477. The summed E-state index contributed by atoms with van der Waals surface area (Å²) in [6.45, 7) is 11.7. The molecule has 0 bridgehead atoms. The minimum absolute atomic E-state index is 0.0586. The fourth-order valence-electron chi connectivity index (χ4n) is 12.4. The number of methoxy groups -OCH3 is 3. The van der Waals surface area contributed by atoms with E-state index in [0.717, 1.165) is 71.4 Å². The third-order valence-electron chi connectivity index (χ3n) is 16.8. The average molecular weight is 1250 g/mol. The highest BCUT2D eigenvalue weighted by Gasteiger charge is 2.41. The second-order valence-corrected chi connectivity index (χ2v) is 28.6. The number of amides is 3. The van der Waals surface area contributed by atoms with Crippen molar-refractivity contribution in [3.8, 4) is 23.0 Å². The number of nitrogens with zero attached hydrogens (tertiary/aromatic N) is 4. The fourth-order valence-corrected chi connectivity index (χ4v) is 15.8. The minimum atomic E-state index is -4.70. The van der Waals surface area contributed by atoms with Crippen molar-refractivity contribution in [1.29, 1.82) is 0 Å². The number of rotatable bonds is 29. The van der Waals surface area contributed by atoms with Crippen LogP contribution < -0.4 is 44.3 Å². The Labute approximate surface area is 518 Å². The number of fused-ring (bicyclic) bond motifs is 8. The van der Waals surface area contributed by atoms with Crippen molar-refractivity contribution in [2.24, 2.45) is 10.9 Å². The summed E-state index contributed by atoms with van der Waals surface area (Å²) in [4.78, 5) is 53.0. The summed E-state index contributed by atoms with van der Waals surface area (Å²) in [7, 11) is 3.03. The van der Waals surface area contributed by atoms with Crippen molar-refractivity contribution in [1.82, 2.24) is 5.32 Å². The van der Waals surface area contributed by atoms with E-state index in [1.54, 1.807) is 55.2 Å². The first kappa shape index (κ1) is 63.5. The lowest BCUT2D eigenvalue weighted by Crippen LogP contribution is -2.53.